The summed E-state index contributed by atoms with van der Waals surface area (Å²) in [7, 11) is 1.84. The topological polar surface area (TPSA) is 122 Å². The summed E-state index contributed by atoms with van der Waals surface area (Å²) in [6.45, 7) is 1.86. The number of nitrogens with one attached hydrogen (secondary N) is 2. The van der Waals surface area contributed by atoms with Gasteiger partial charge in [-0.1, -0.05) is 34.8 Å². The van der Waals surface area contributed by atoms with Crippen LogP contribution in [0.4, 0.5) is 11.5 Å². The summed E-state index contributed by atoms with van der Waals surface area (Å²) in [4.78, 5) is 37.1. The fourth-order valence-corrected chi connectivity index (χ4v) is 5.40. The predicted octanol–water partition coefficient (Wildman–Crippen LogP) is 5.70. The molecule has 216 valence electrons. The lowest BCUT2D eigenvalue weighted by Crippen LogP contribution is -2.21. The molecule has 0 aliphatic rings. The molecule has 0 aliphatic heterocycles. The lowest BCUT2D eigenvalue weighted by molar-refractivity contribution is 0.102. The number of imidazole rings is 1. The Labute approximate surface area is 255 Å². The normalized spacial score (nSPS) is 11.1. The number of hydrogen-bond donors (Lipinski definition) is 3. The zero-order valence-corrected chi connectivity index (χ0v) is 25.0. The van der Waals surface area contributed by atoms with Gasteiger partial charge in [0.05, 0.1) is 40.8 Å². The van der Waals surface area contributed by atoms with Crippen molar-refractivity contribution in [2.24, 2.45) is 0 Å². The van der Waals surface area contributed by atoms with Crippen LogP contribution in [0.3, 0.4) is 0 Å². The Morgan fingerprint density at radius 2 is 1.98 bits per heavy atom. The maximum atomic E-state index is 13.5. The molecule has 0 fully saturated rings. The summed E-state index contributed by atoms with van der Waals surface area (Å²) in [5, 5.41) is 17.4. The number of rotatable bonds is 13. The number of aromatic nitrogens is 3. The number of carbonyl (C=O) groups excluding carboxylic acids is 2. The van der Waals surface area contributed by atoms with E-state index in [-0.39, 0.29) is 45.9 Å². The lowest BCUT2D eigenvalue weighted by atomic mass is 10.1. The van der Waals surface area contributed by atoms with Crippen molar-refractivity contribution in [3.8, 4) is 5.75 Å². The molecule has 1 aromatic carbocycles. The molecule has 0 atom stereocenters. The minimum absolute atomic E-state index is 0.00362. The Bertz CT molecular complexity index is 1480. The Kier molecular flexibility index (Phi) is 11.0. The van der Waals surface area contributed by atoms with Crippen LogP contribution in [0, 0.1) is 0 Å². The number of pyridine rings is 1. The van der Waals surface area contributed by atoms with Crippen molar-refractivity contribution in [1.82, 2.24) is 19.4 Å². The van der Waals surface area contributed by atoms with Crippen molar-refractivity contribution in [2.75, 3.05) is 37.4 Å². The highest BCUT2D eigenvalue weighted by Crippen LogP contribution is 2.36. The molecule has 41 heavy (non-hydrogen) atoms. The largest absolute Gasteiger partial charge is 0.491 e. The van der Waals surface area contributed by atoms with E-state index in [1.165, 1.54) is 29.7 Å². The first-order valence-corrected chi connectivity index (χ1v) is 14.5. The van der Waals surface area contributed by atoms with Crippen molar-refractivity contribution in [2.45, 2.75) is 19.5 Å². The van der Waals surface area contributed by atoms with Crippen molar-refractivity contribution in [3.05, 3.63) is 85.6 Å². The zero-order valence-electron chi connectivity index (χ0n) is 21.9. The van der Waals surface area contributed by atoms with Crippen LogP contribution < -0.4 is 15.4 Å². The maximum Gasteiger partial charge on any atom is 0.267 e. The number of aryl methyl sites for hydroxylation is 1. The SMILES string of the molecule is CN(CCO)Cc1csc(C(=O)Nc2c(OCCCn3ccnc3)cc(Cl)cc2C(=O)Nc2ccc(Cl)cn2)c1Cl. The fraction of sp³-hybridized carbons (Fsp3) is 0.259. The van der Waals surface area contributed by atoms with Gasteiger partial charge in [-0.05, 0) is 42.6 Å². The van der Waals surface area contributed by atoms with E-state index in [9.17, 15) is 14.7 Å². The highest BCUT2D eigenvalue weighted by molar-refractivity contribution is 7.13. The third kappa shape index (κ3) is 8.41. The molecule has 0 spiro atoms. The molecular formula is C27H27Cl3N6O4S. The molecule has 3 heterocycles. The number of likely N-dealkylation sites (N-methyl/N-ethyl adjacent to an activating group) is 1. The van der Waals surface area contributed by atoms with E-state index in [1.54, 1.807) is 30.0 Å². The first-order valence-electron chi connectivity index (χ1n) is 12.5. The predicted molar refractivity (Wildman–Crippen MR) is 162 cm³/mol. The highest BCUT2D eigenvalue weighted by Gasteiger charge is 2.24. The smallest absolute Gasteiger partial charge is 0.267 e. The number of halogens is 3. The van der Waals surface area contributed by atoms with Crippen LogP contribution in [0.5, 0.6) is 5.75 Å². The number of nitrogens with zero attached hydrogens (tertiary/aromatic N) is 4. The van der Waals surface area contributed by atoms with E-state index in [0.717, 1.165) is 5.56 Å². The molecular weight excluding hydrogens is 611 g/mol. The molecule has 3 aromatic heterocycles. The van der Waals surface area contributed by atoms with E-state index < -0.39 is 11.8 Å². The van der Waals surface area contributed by atoms with Gasteiger partial charge in [0.25, 0.3) is 11.8 Å². The molecule has 0 bridgehead atoms. The number of benzene rings is 1. The molecule has 10 nitrogen and oxygen atoms in total. The summed E-state index contributed by atoms with van der Waals surface area (Å²) in [5.41, 5.74) is 0.955. The molecule has 0 radical (unpaired) electrons. The van der Waals surface area contributed by atoms with Crippen molar-refractivity contribution in [1.29, 1.82) is 0 Å². The van der Waals surface area contributed by atoms with E-state index in [1.807, 2.05) is 22.7 Å². The van der Waals surface area contributed by atoms with E-state index in [4.69, 9.17) is 39.5 Å². The summed E-state index contributed by atoms with van der Waals surface area (Å²) in [6, 6.07) is 6.12. The molecule has 0 saturated heterocycles. The first kappa shape index (κ1) is 30.8. The van der Waals surface area contributed by atoms with E-state index >= 15 is 0 Å². The van der Waals surface area contributed by atoms with Gasteiger partial charge in [0.1, 0.15) is 16.4 Å². The molecule has 4 aromatic rings. The van der Waals surface area contributed by atoms with Crippen molar-refractivity contribution in [3.63, 3.8) is 0 Å². The van der Waals surface area contributed by atoms with E-state index in [0.29, 0.717) is 36.1 Å². The molecule has 4 rings (SSSR count). The van der Waals surface area contributed by atoms with Crippen molar-refractivity contribution < 1.29 is 19.4 Å². The molecule has 0 unspecified atom stereocenters. The summed E-state index contributed by atoms with van der Waals surface area (Å²) < 4.78 is 7.93. The van der Waals surface area contributed by atoms with Crippen LogP contribution in [-0.2, 0) is 13.1 Å². The summed E-state index contributed by atoms with van der Waals surface area (Å²) in [6.07, 6.45) is 7.28. The monoisotopic (exact) mass is 636 g/mol. The number of hydrogen-bond acceptors (Lipinski definition) is 8. The second-order valence-corrected chi connectivity index (χ2v) is 11.1. The molecule has 3 N–H and O–H groups in total. The average Bonchev–Trinajstić information content (AvgIpc) is 3.59. The Morgan fingerprint density at radius 3 is 2.68 bits per heavy atom. The van der Waals surface area contributed by atoms with Crippen LogP contribution in [0.25, 0.3) is 0 Å². The maximum absolute atomic E-state index is 13.5. The van der Waals surface area contributed by atoms with Gasteiger partial charge in [0.15, 0.2) is 0 Å². The highest BCUT2D eigenvalue weighted by atomic mass is 35.5. The van der Waals surface area contributed by atoms with Crippen molar-refractivity contribution >= 4 is 69.5 Å². The Balaban J connectivity index is 1.60. The molecule has 0 saturated carbocycles. The van der Waals surface area contributed by atoms with Crippen LogP contribution in [0.1, 0.15) is 32.0 Å². The van der Waals surface area contributed by atoms with Crippen LogP contribution >= 0.6 is 46.1 Å². The first-order chi connectivity index (χ1) is 19.7. The number of carbonyl (C=O) groups is 2. The van der Waals surface area contributed by atoms with Crippen LogP contribution in [0.2, 0.25) is 15.1 Å². The fourth-order valence-electron chi connectivity index (χ4n) is 3.84. The molecule has 0 aliphatic carbocycles. The lowest BCUT2D eigenvalue weighted by Gasteiger charge is -2.17. The van der Waals surface area contributed by atoms with Gasteiger partial charge in [0.2, 0.25) is 0 Å². The second-order valence-electron chi connectivity index (χ2n) is 8.96. The number of amides is 2. The van der Waals surface area contributed by atoms with Gasteiger partial charge < -0.3 is 25.0 Å². The van der Waals surface area contributed by atoms with Crippen LogP contribution in [0.15, 0.2) is 54.6 Å². The zero-order chi connectivity index (χ0) is 29.4. The third-order valence-electron chi connectivity index (χ3n) is 5.83. The average molecular weight is 638 g/mol. The number of aliphatic hydroxyl groups is 1. The minimum Gasteiger partial charge on any atom is -0.491 e. The van der Waals surface area contributed by atoms with Crippen LogP contribution in [-0.4, -0.2) is 63.2 Å². The van der Waals surface area contributed by atoms with Gasteiger partial charge in [-0.3, -0.25) is 14.5 Å². The Hall–Kier alpha value is -3.19. The second kappa shape index (κ2) is 14.6. The van der Waals surface area contributed by atoms with Gasteiger partial charge in [-0.2, -0.15) is 0 Å². The quantitative estimate of drug-likeness (QED) is 0.161. The molecule has 2 amide bonds. The minimum atomic E-state index is -0.565. The number of thiophene rings is 1. The Morgan fingerprint density at radius 1 is 1.15 bits per heavy atom. The van der Waals surface area contributed by atoms with E-state index in [2.05, 4.69) is 20.6 Å². The summed E-state index contributed by atoms with van der Waals surface area (Å²) >= 11 is 20.0. The number of ether oxygens (including phenoxy) is 1. The van der Waals surface area contributed by atoms with Gasteiger partial charge >= 0.3 is 0 Å². The van der Waals surface area contributed by atoms with Gasteiger partial charge in [-0.15, -0.1) is 11.3 Å². The third-order valence-corrected chi connectivity index (χ3v) is 7.84. The number of anilines is 2. The standard InChI is InChI=1S/C27H27Cl3N6O4S/c1-35(8-9-37)14-17-15-41-25(23(17)30)27(39)34-24-20(26(38)33-22-4-3-18(28)13-32-22)11-19(29)12-21(24)40-10-2-6-36-7-5-31-16-36/h3-5,7,11-13,15-16,37H,2,6,8-10,14H2,1H3,(H,34,39)(H,32,33,38). The van der Waals surface area contributed by atoms with Gasteiger partial charge in [-0.25, -0.2) is 9.97 Å². The summed E-state index contributed by atoms with van der Waals surface area (Å²) in [5.74, 6) is -0.594. The number of aliphatic hydroxyl groups excluding tert-OH is 1. The van der Waals surface area contributed by atoms with Gasteiger partial charge in [0, 0.05) is 49.3 Å². The molecule has 14 heteroatoms.